The van der Waals surface area contributed by atoms with E-state index in [-0.39, 0.29) is 50.7 Å². The summed E-state index contributed by atoms with van der Waals surface area (Å²) in [6, 6.07) is 22.2. The summed E-state index contributed by atoms with van der Waals surface area (Å²) in [6.45, 7) is 0. The minimum atomic E-state index is -7.96. The molecule has 4 bridgehead atoms. The monoisotopic (exact) mass is 913 g/mol. The first-order valence-electron chi connectivity index (χ1n) is 18.2. The molecule has 8 rings (SSSR count). The molecule has 0 unspecified atom stereocenters. The number of aromatic nitrogens is 2. The van der Waals surface area contributed by atoms with Gasteiger partial charge in [-0.15, -0.1) is 0 Å². The fourth-order valence-electron chi connectivity index (χ4n) is 7.73. The average Bonchev–Trinajstić information content (AvgIpc) is 4.00. The maximum atomic E-state index is 17.8. The molecule has 0 aliphatic carbocycles. The Bertz CT molecular complexity index is 2880. The third-order valence-corrected chi connectivity index (χ3v) is 11.2. The van der Waals surface area contributed by atoms with Crippen molar-refractivity contribution in [1.82, 2.24) is 8.96 Å². The number of benzene rings is 3. The molecule has 328 valence electrons. The molecule has 0 radical (unpaired) electrons. The van der Waals surface area contributed by atoms with Crippen LogP contribution < -0.4 is 24.9 Å². The highest BCUT2D eigenvalue weighted by Gasteiger charge is 2.90. The van der Waals surface area contributed by atoms with Gasteiger partial charge < -0.3 is 23.2 Å². The molecule has 0 saturated carbocycles. The van der Waals surface area contributed by atoms with Crippen LogP contribution in [0.3, 0.4) is 0 Å². The molecule has 0 atom stereocenters. The maximum Gasteiger partial charge on any atom is 0.597 e. The van der Waals surface area contributed by atoms with Gasteiger partial charge in [0.25, 0.3) is 0 Å². The van der Waals surface area contributed by atoms with Crippen molar-refractivity contribution in [1.29, 1.82) is 0 Å². The highest BCUT2D eigenvalue weighted by Crippen LogP contribution is 2.63. The summed E-state index contributed by atoms with van der Waals surface area (Å²) in [5.41, 5.74) is -5.02. The number of ether oxygens (including phenoxy) is 3. The molecule has 3 aromatic carbocycles. The van der Waals surface area contributed by atoms with Crippen molar-refractivity contribution in [2.24, 2.45) is 4.99 Å². The molecule has 0 spiro atoms. The highest BCUT2D eigenvalue weighted by molar-refractivity contribution is 6.49. The van der Waals surface area contributed by atoms with Crippen LogP contribution in [0.2, 0.25) is 0 Å². The summed E-state index contributed by atoms with van der Waals surface area (Å²) in [4.78, 5) is 4.27. The van der Waals surface area contributed by atoms with Gasteiger partial charge in [0, 0.05) is 38.8 Å². The summed E-state index contributed by atoms with van der Waals surface area (Å²) in [6.07, 6.45) is 0.143. The second kappa shape index (κ2) is 14.5. The van der Waals surface area contributed by atoms with E-state index < -0.39 is 70.5 Å². The zero-order valence-electron chi connectivity index (χ0n) is 32.3. The largest absolute Gasteiger partial charge is 0.597 e. The second-order valence-corrected chi connectivity index (χ2v) is 14.8. The quantitative estimate of drug-likeness (QED) is 0.0713. The molecule has 6 nitrogen and oxygen atoms in total. The third kappa shape index (κ3) is 6.13. The van der Waals surface area contributed by atoms with Gasteiger partial charge in [0.15, 0.2) is 0 Å². The molecule has 0 amide bonds. The lowest BCUT2D eigenvalue weighted by Gasteiger charge is -2.40. The van der Waals surface area contributed by atoms with Crippen molar-refractivity contribution in [3.05, 3.63) is 153 Å². The number of nitrogens with zero attached hydrogens (tertiary/aromatic N) is 3. The minimum absolute atomic E-state index is 0.0199. The van der Waals surface area contributed by atoms with Crippen LogP contribution in [0, 0.1) is 0 Å². The molecule has 5 heterocycles. The number of aliphatic imine (C=N–C) groups is 1. The van der Waals surface area contributed by atoms with Crippen LogP contribution in [-0.2, 0) is 0 Å². The van der Waals surface area contributed by atoms with Gasteiger partial charge in [-0.1, -0.05) is 36.4 Å². The molecule has 63 heavy (non-hydrogen) atoms. The summed E-state index contributed by atoms with van der Waals surface area (Å²) in [7, 11) is 1.70. The van der Waals surface area contributed by atoms with Crippen LogP contribution in [0.1, 0.15) is 28.1 Å². The number of hydrogen-bond donors (Lipinski definition) is 0. The smallest absolute Gasteiger partial charge is 0.497 e. The van der Waals surface area contributed by atoms with Gasteiger partial charge >= 0.3 is 42.3 Å². The molecule has 21 heteroatoms. The topological polar surface area (TPSA) is 49.9 Å². The number of methoxy groups -OCH3 is 3. The van der Waals surface area contributed by atoms with E-state index in [1.54, 1.807) is 24.3 Å². The Morgan fingerprint density at radius 1 is 0.492 bits per heavy atom. The molecule has 5 aromatic rings. The van der Waals surface area contributed by atoms with E-state index in [4.69, 9.17) is 14.2 Å². The Balaban J connectivity index is 1.51. The zero-order valence-corrected chi connectivity index (χ0v) is 33.0. The average molecular weight is 914 g/mol. The molecule has 3 aliphatic heterocycles. The van der Waals surface area contributed by atoms with Crippen molar-refractivity contribution in [3.8, 4) is 17.2 Å². The van der Waals surface area contributed by atoms with E-state index in [0.29, 0.717) is 16.9 Å². The van der Waals surface area contributed by atoms with Crippen molar-refractivity contribution >= 4 is 41.3 Å². The lowest BCUT2D eigenvalue weighted by molar-refractivity contribution is -0.412. The normalized spacial score (nSPS) is 15.7. The first-order valence-corrected chi connectivity index (χ1v) is 18.6. The highest BCUT2D eigenvalue weighted by atomic mass is 35.5. The van der Waals surface area contributed by atoms with Gasteiger partial charge in [0.05, 0.1) is 38.3 Å². The van der Waals surface area contributed by atoms with E-state index in [1.807, 2.05) is 0 Å². The Morgan fingerprint density at radius 3 is 1.33 bits per heavy atom. The Labute approximate surface area is 352 Å². The number of hydrogen-bond acceptors (Lipinski definition) is 4. The predicted octanol–water partition coefficient (Wildman–Crippen LogP) is 9.59. The van der Waals surface area contributed by atoms with Crippen LogP contribution in [0.4, 0.5) is 57.0 Å². The van der Waals surface area contributed by atoms with Crippen LogP contribution >= 0.6 is 11.6 Å². The van der Waals surface area contributed by atoms with Gasteiger partial charge in [-0.3, -0.25) is 4.32 Å². The number of fused-ring (bicyclic) bond motifs is 1. The van der Waals surface area contributed by atoms with Crippen LogP contribution in [0.15, 0.2) is 119 Å². The van der Waals surface area contributed by atoms with E-state index in [1.165, 1.54) is 94.1 Å². The van der Waals surface area contributed by atoms with E-state index in [2.05, 4.69) is 16.6 Å². The molecule has 3 aliphatic rings. The number of allylic oxidation sites excluding steroid dienone is 2. The summed E-state index contributed by atoms with van der Waals surface area (Å²) < 4.78 is 217. The van der Waals surface area contributed by atoms with Crippen molar-refractivity contribution in [2.45, 2.75) is 35.0 Å². The fourth-order valence-corrected chi connectivity index (χ4v) is 7.85. The first kappa shape index (κ1) is 43.6. The van der Waals surface area contributed by atoms with Gasteiger partial charge in [0.2, 0.25) is 0 Å². The maximum absolute atomic E-state index is 17.8. The molecule has 0 N–H and O–H groups in total. The molecule has 0 saturated heterocycles. The third-order valence-electron chi connectivity index (χ3n) is 11.0. The summed E-state index contributed by atoms with van der Waals surface area (Å²) >= 11 is 3.98. The standard InChI is InChI=1S/C42H26BClF13N3O3/c1-61-24-10-4-21(5-11-24)33-28-20-27(37(45,46)38(47,48)39(49,50)40(51,52)41(53,54)42(44,55)56)36(58-28)35(23-8-14-26(63-3)15-9-23)32-19-18-31-34(22-6-12-25(62-2)13-7-22)30-17-16-29(33)59(30)43(57)60(31)32/h4-20H,1-3H3. The second-order valence-electron chi connectivity index (χ2n) is 14.3. The number of alkyl halides is 13. The van der Waals surface area contributed by atoms with Gasteiger partial charge in [-0.2, -0.15) is 52.7 Å². The van der Waals surface area contributed by atoms with E-state index in [9.17, 15) is 26.3 Å². The van der Waals surface area contributed by atoms with Crippen LogP contribution in [0.25, 0.3) is 16.7 Å². The zero-order chi connectivity index (χ0) is 45.8. The Morgan fingerprint density at radius 2 is 0.889 bits per heavy atom. The molecule has 0 fully saturated rings. The molecular weight excluding hydrogens is 888 g/mol. The van der Waals surface area contributed by atoms with Gasteiger partial charge in [-0.05, 0) is 95.0 Å². The lowest BCUT2D eigenvalue weighted by Crippen LogP contribution is -2.70. The van der Waals surface area contributed by atoms with E-state index >= 15 is 30.7 Å². The van der Waals surface area contributed by atoms with Crippen molar-refractivity contribution < 1.29 is 71.2 Å². The fraction of sp³-hybridized carbons (Fsp3) is 0.214. The number of halogens is 14. The Kier molecular flexibility index (Phi) is 10.0. The van der Waals surface area contributed by atoms with Crippen molar-refractivity contribution in [2.75, 3.05) is 21.3 Å². The lowest BCUT2D eigenvalue weighted by atomic mass is 9.86. The number of rotatable bonds is 12. The summed E-state index contributed by atoms with van der Waals surface area (Å²) in [5, 5.41) is -6.59. The van der Waals surface area contributed by atoms with Crippen molar-refractivity contribution in [3.63, 3.8) is 0 Å². The first-order chi connectivity index (χ1) is 29.5. The molecule has 2 aromatic heterocycles. The van der Waals surface area contributed by atoms with Crippen LogP contribution in [-0.4, -0.2) is 78.3 Å². The predicted molar refractivity (Wildman–Crippen MR) is 206 cm³/mol. The van der Waals surface area contributed by atoms with Gasteiger partial charge in [0.1, 0.15) is 17.2 Å². The Hall–Kier alpha value is -6.05. The SMILES string of the molecule is COc1ccc(C2=C3N=C(C=C3C(F)(F)C(F)(F)C(F)(F)C(F)(F)C(F)(F)C(F)(F)Cl)C(c3ccc(OC)cc3)=c3ccc4n3B(F)n3c2ccc3C=4c2ccc(OC)cc2)cc1. The summed E-state index contributed by atoms with van der Waals surface area (Å²) in [5.74, 6) is -36.8. The molecular formula is C42H26BClF13N3O3. The van der Waals surface area contributed by atoms with Crippen LogP contribution in [0.5, 0.6) is 17.2 Å². The minimum Gasteiger partial charge on any atom is -0.497 e. The van der Waals surface area contributed by atoms with Gasteiger partial charge in [-0.25, -0.2) is 4.99 Å². The van der Waals surface area contributed by atoms with E-state index in [0.717, 1.165) is 8.96 Å².